The fourth-order valence-electron chi connectivity index (χ4n) is 3.28. The van der Waals surface area contributed by atoms with Gasteiger partial charge in [0.15, 0.2) is 0 Å². The maximum Gasteiger partial charge on any atom is 0.257 e. The summed E-state index contributed by atoms with van der Waals surface area (Å²) in [5.41, 5.74) is 0.429. The molecule has 0 bridgehead atoms. The Labute approximate surface area is 169 Å². The molecule has 2 aromatic rings. The largest absolute Gasteiger partial charge is 0.489 e. The van der Waals surface area contributed by atoms with Crippen LogP contribution in [0.15, 0.2) is 30.6 Å². The number of imidazole rings is 1. The van der Waals surface area contributed by atoms with Crippen LogP contribution >= 0.6 is 11.6 Å². The van der Waals surface area contributed by atoms with E-state index < -0.39 is 0 Å². The van der Waals surface area contributed by atoms with E-state index in [1.165, 1.54) is 0 Å². The zero-order chi connectivity index (χ0) is 20.3. The number of amides is 2. The van der Waals surface area contributed by atoms with Gasteiger partial charge < -0.3 is 19.1 Å². The number of halogens is 1. The molecule has 0 spiro atoms. The van der Waals surface area contributed by atoms with Gasteiger partial charge in [0.1, 0.15) is 17.7 Å². The second kappa shape index (κ2) is 8.65. The number of carbonyl (C=O) groups excluding carboxylic acids is 2. The fourth-order valence-corrected chi connectivity index (χ4v) is 3.45. The number of aryl methyl sites for hydroxylation is 1. The van der Waals surface area contributed by atoms with Crippen LogP contribution < -0.4 is 4.74 Å². The number of likely N-dealkylation sites (tertiary alicyclic amines) is 1. The Kier molecular flexibility index (Phi) is 6.24. The number of nitrogens with zero attached hydrogens (tertiary/aromatic N) is 4. The lowest BCUT2D eigenvalue weighted by molar-refractivity contribution is -0.130. The van der Waals surface area contributed by atoms with Gasteiger partial charge in [-0.3, -0.25) is 9.59 Å². The molecule has 2 amide bonds. The number of hydrogen-bond donors (Lipinski definition) is 0. The highest BCUT2D eigenvalue weighted by atomic mass is 35.5. The molecule has 8 heteroatoms. The minimum Gasteiger partial charge on any atom is -0.489 e. The highest BCUT2D eigenvalue weighted by Crippen LogP contribution is 2.27. The Morgan fingerprint density at radius 2 is 2.04 bits per heavy atom. The highest BCUT2D eigenvalue weighted by Gasteiger charge is 2.25. The van der Waals surface area contributed by atoms with Crippen LogP contribution in [0.2, 0.25) is 5.02 Å². The van der Waals surface area contributed by atoms with Gasteiger partial charge in [0.05, 0.1) is 12.1 Å². The molecule has 1 fully saturated rings. The smallest absolute Gasteiger partial charge is 0.257 e. The average molecular weight is 405 g/mol. The molecule has 7 nitrogen and oxygen atoms in total. The van der Waals surface area contributed by atoms with Crippen molar-refractivity contribution in [3.05, 3.63) is 47.0 Å². The number of benzene rings is 1. The van der Waals surface area contributed by atoms with Crippen molar-refractivity contribution in [3.8, 4) is 5.75 Å². The molecular weight excluding hydrogens is 380 g/mol. The first kappa shape index (κ1) is 20.2. The normalized spacial score (nSPS) is 14.8. The monoisotopic (exact) mass is 404 g/mol. The third-order valence-corrected chi connectivity index (χ3v) is 5.23. The van der Waals surface area contributed by atoms with Crippen molar-refractivity contribution in [2.75, 3.05) is 20.1 Å². The summed E-state index contributed by atoms with van der Waals surface area (Å²) in [5.74, 6) is 1.21. The zero-order valence-corrected chi connectivity index (χ0v) is 17.1. The molecule has 0 N–H and O–H groups in total. The van der Waals surface area contributed by atoms with Crippen LogP contribution in [0.1, 0.15) is 35.9 Å². The summed E-state index contributed by atoms with van der Waals surface area (Å²) in [7, 11) is 3.62. The molecular formula is C20H25ClN4O3. The molecule has 0 unspecified atom stereocenters. The third-order valence-electron chi connectivity index (χ3n) is 5.00. The van der Waals surface area contributed by atoms with Gasteiger partial charge in [0.2, 0.25) is 5.91 Å². The van der Waals surface area contributed by atoms with E-state index >= 15 is 0 Å². The molecule has 1 saturated heterocycles. The van der Waals surface area contributed by atoms with Crippen molar-refractivity contribution in [1.82, 2.24) is 19.4 Å². The van der Waals surface area contributed by atoms with Crippen LogP contribution in [0, 0.1) is 0 Å². The number of rotatable bonds is 5. The van der Waals surface area contributed by atoms with E-state index in [0.29, 0.717) is 36.0 Å². The lowest BCUT2D eigenvalue weighted by Crippen LogP contribution is -2.40. The molecule has 1 aromatic carbocycles. The summed E-state index contributed by atoms with van der Waals surface area (Å²) >= 11 is 6.14. The lowest BCUT2D eigenvalue weighted by Gasteiger charge is -2.32. The van der Waals surface area contributed by atoms with Crippen molar-refractivity contribution in [1.29, 1.82) is 0 Å². The SMILES string of the molecule is CC(=O)N1CCC(Oc2ccc(Cl)cc2C(=O)N(C)Cc2nccn2C)CC1. The minimum absolute atomic E-state index is 0.0387. The number of hydrogen-bond acceptors (Lipinski definition) is 4. The predicted molar refractivity (Wildman–Crippen MR) is 106 cm³/mol. The summed E-state index contributed by atoms with van der Waals surface area (Å²) in [5, 5.41) is 0.479. The van der Waals surface area contributed by atoms with Gasteiger partial charge in [0, 0.05) is 64.4 Å². The highest BCUT2D eigenvalue weighted by molar-refractivity contribution is 6.31. The summed E-state index contributed by atoms with van der Waals surface area (Å²) in [6, 6.07) is 5.09. The van der Waals surface area contributed by atoms with Crippen molar-refractivity contribution in [2.24, 2.45) is 7.05 Å². The second-order valence-corrected chi connectivity index (χ2v) is 7.52. The molecule has 1 aliphatic rings. The van der Waals surface area contributed by atoms with Crippen LogP contribution in [0.5, 0.6) is 5.75 Å². The Morgan fingerprint density at radius 1 is 1.32 bits per heavy atom. The Hall–Kier alpha value is -2.54. The summed E-state index contributed by atoms with van der Waals surface area (Å²) in [6.45, 7) is 3.28. The van der Waals surface area contributed by atoms with Crippen LogP contribution in [-0.4, -0.2) is 57.4 Å². The molecule has 28 heavy (non-hydrogen) atoms. The Bertz CT molecular complexity index is 859. The first-order valence-electron chi connectivity index (χ1n) is 9.28. The van der Waals surface area contributed by atoms with Gasteiger partial charge in [-0.1, -0.05) is 11.6 Å². The van der Waals surface area contributed by atoms with Crippen LogP contribution in [0.3, 0.4) is 0 Å². The van der Waals surface area contributed by atoms with E-state index in [2.05, 4.69) is 4.98 Å². The maximum absolute atomic E-state index is 13.0. The van der Waals surface area contributed by atoms with Crippen molar-refractivity contribution >= 4 is 23.4 Å². The van der Waals surface area contributed by atoms with Gasteiger partial charge in [-0.15, -0.1) is 0 Å². The molecule has 1 aromatic heterocycles. The number of ether oxygens (including phenoxy) is 1. The number of carbonyl (C=O) groups is 2. The van der Waals surface area contributed by atoms with E-state index in [9.17, 15) is 9.59 Å². The minimum atomic E-state index is -0.179. The maximum atomic E-state index is 13.0. The van der Waals surface area contributed by atoms with Crippen molar-refractivity contribution in [3.63, 3.8) is 0 Å². The Morgan fingerprint density at radius 3 is 2.64 bits per heavy atom. The van der Waals surface area contributed by atoms with Crippen LogP contribution in [-0.2, 0) is 18.4 Å². The second-order valence-electron chi connectivity index (χ2n) is 7.08. The average Bonchev–Trinajstić information content (AvgIpc) is 3.07. The van der Waals surface area contributed by atoms with Crippen LogP contribution in [0.25, 0.3) is 0 Å². The summed E-state index contributed by atoms with van der Waals surface area (Å²) in [4.78, 5) is 32.2. The first-order valence-corrected chi connectivity index (χ1v) is 9.66. The quantitative estimate of drug-likeness (QED) is 0.768. The Balaban J connectivity index is 1.72. The summed E-state index contributed by atoms with van der Waals surface area (Å²) in [6.07, 6.45) is 4.98. The molecule has 0 saturated carbocycles. The van der Waals surface area contributed by atoms with Crippen molar-refractivity contribution < 1.29 is 14.3 Å². The summed E-state index contributed by atoms with van der Waals surface area (Å²) < 4.78 is 8.01. The zero-order valence-electron chi connectivity index (χ0n) is 16.4. The van der Waals surface area contributed by atoms with E-state index in [0.717, 1.165) is 18.7 Å². The molecule has 0 atom stereocenters. The van der Waals surface area contributed by atoms with Gasteiger partial charge >= 0.3 is 0 Å². The van der Waals surface area contributed by atoms with Gasteiger partial charge in [0.25, 0.3) is 5.91 Å². The van der Waals surface area contributed by atoms with Crippen molar-refractivity contribution in [2.45, 2.75) is 32.4 Å². The fraction of sp³-hybridized carbons (Fsp3) is 0.450. The topological polar surface area (TPSA) is 67.7 Å². The van der Waals surface area contributed by atoms with Gasteiger partial charge in [-0.25, -0.2) is 4.98 Å². The predicted octanol–water partition coefficient (Wildman–Crippen LogP) is 2.74. The van der Waals surface area contributed by atoms with E-state index in [4.69, 9.17) is 16.3 Å². The van der Waals surface area contributed by atoms with Gasteiger partial charge in [-0.2, -0.15) is 0 Å². The van der Waals surface area contributed by atoms with Gasteiger partial charge in [-0.05, 0) is 18.2 Å². The number of piperidine rings is 1. The number of aromatic nitrogens is 2. The molecule has 3 rings (SSSR count). The van der Waals surface area contributed by atoms with E-state index in [1.807, 2.05) is 22.7 Å². The molecule has 1 aliphatic heterocycles. The van der Waals surface area contributed by atoms with E-state index in [-0.39, 0.29) is 17.9 Å². The molecule has 2 heterocycles. The van der Waals surface area contributed by atoms with Crippen LogP contribution in [0.4, 0.5) is 0 Å². The molecule has 0 radical (unpaired) electrons. The lowest BCUT2D eigenvalue weighted by atomic mass is 10.1. The standard InChI is InChI=1S/C20H25ClN4O3/c1-14(26)25-9-6-16(7-10-25)28-18-5-4-15(21)12-17(18)20(27)24(3)13-19-22-8-11-23(19)2/h4-5,8,11-12,16H,6-7,9-10,13H2,1-3H3. The third kappa shape index (κ3) is 4.65. The first-order chi connectivity index (χ1) is 13.3. The van der Waals surface area contributed by atoms with E-state index in [1.54, 1.807) is 43.3 Å². The molecule has 0 aliphatic carbocycles. The molecule has 150 valence electrons.